The summed E-state index contributed by atoms with van der Waals surface area (Å²) in [6.07, 6.45) is 4.68. The van der Waals surface area contributed by atoms with E-state index in [-0.39, 0.29) is 12.3 Å². The molecule has 0 spiro atoms. The van der Waals surface area contributed by atoms with Crippen LogP contribution in [0.25, 0.3) is 22.0 Å². The molecule has 1 saturated carbocycles. The lowest BCUT2D eigenvalue weighted by Crippen LogP contribution is -2.32. The molecule has 0 radical (unpaired) electrons. The fourth-order valence-electron chi connectivity index (χ4n) is 4.34. The van der Waals surface area contributed by atoms with Crippen LogP contribution < -0.4 is 5.32 Å². The molecule has 1 aliphatic rings. The summed E-state index contributed by atoms with van der Waals surface area (Å²) in [5.74, 6) is 2.11. The minimum atomic E-state index is 0.00320. The number of nitrogens with one attached hydrogen (secondary N) is 2. The largest absolute Gasteiger partial charge is 0.356 e. The normalized spacial score (nSPS) is 19.6. The number of para-hydroxylation sites is 3. The van der Waals surface area contributed by atoms with Crippen LogP contribution in [0.1, 0.15) is 43.1 Å². The van der Waals surface area contributed by atoms with Gasteiger partial charge in [0.2, 0.25) is 5.91 Å². The minimum Gasteiger partial charge on any atom is -0.356 e. The lowest BCUT2D eigenvalue weighted by atomic mass is 9.81. The van der Waals surface area contributed by atoms with E-state index in [9.17, 15) is 4.79 Å². The van der Waals surface area contributed by atoms with Crippen molar-refractivity contribution in [2.75, 3.05) is 6.54 Å². The van der Waals surface area contributed by atoms with Crippen LogP contribution in [0.15, 0.2) is 53.1 Å². The number of carbonyl (C=O) groups is 1. The Kier molecular flexibility index (Phi) is 4.76. The van der Waals surface area contributed by atoms with Gasteiger partial charge in [0.15, 0.2) is 5.58 Å². The van der Waals surface area contributed by atoms with E-state index in [1.807, 2.05) is 36.4 Å². The molecule has 0 aliphatic heterocycles. The van der Waals surface area contributed by atoms with Gasteiger partial charge in [-0.05, 0) is 55.9 Å². The first-order valence-corrected chi connectivity index (χ1v) is 10.3. The van der Waals surface area contributed by atoms with Crippen molar-refractivity contribution >= 4 is 27.9 Å². The van der Waals surface area contributed by atoms with Gasteiger partial charge in [-0.2, -0.15) is 0 Å². The van der Waals surface area contributed by atoms with Gasteiger partial charge in [-0.25, -0.2) is 4.98 Å². The second-order valence-corrected chi connectivity index (χ2v) is 7.96. The second kappa shape index (κ2) is 7.70. The van der Waals surface area contributed by atoms with Crippen molar-refractivity contribution in [1.29, 1.82) is 0 Å². The van der Waals surface area contributed by atoms with Crippen LogP contribution in [0, 0.1) is 5.92 Å². The maximum Gasteiger partial charge on any atom is 0.226 e. The predicted molar refractivity (Wildman–Crippen MR) is 112 cm³/mol. The van der Waals surface area contributed by atoms with Crippen molar-refractivity contribution in [2.45, 2.75) is 38.0 Å². The number of hydrogen-bond donors (Lipinski definition) is 2. The molecule has 0 unspecified atom stereocenters. The number of carbonyl (C=O) groups excluding carboxylic acids is 1. The molecular weight excluding hydrogens is 364 g/mol. The highest BCUT2D eigenvalue weighted by Crippen LogP contribution is 2.35. The lowest BCUT2D eigenvalue weighted by Gasteiger charge is -2.27. The van der Waals surface area contributed by atoms with E-state index in [4.69, 9.17) is 9.51 Å². The first kappa shape index (κ1) is 17.9. The molecule has 6 nitrogen and oxygen atoms in total. The van der Waals surface area contributed by atoms with Crippen molar-refractivity contribution in [2.24, 2.45) is 5.92 Å². The third-order valence-electron chi connectivity index (χ3n) is 6.01. The van der Waals surface area contributed by atoms with Gasteiger partial charge in [0.05, 0.1) is 17.5 Å². The van der Waals surface area contributed by atoms with Crippen LogP contribution >= 0.6 is 0 Å². The number of nitrogens with zero attached hydrogens (tertiary/aromatic N) is 2. The number of hydrogen-bond acceptors (Lipinski definition) is 4. The standard InChI is InChI=1S/C23H24N4O2/c28-22(13-20-17-5-1-4-8-21(17)29-27-20)24-14-15-9-11-16(12-10-15)23-25-18-6-2-3-7-19(18)26-23/h1-8,15-16H,9-14H2,(H,24,28)(H,25,26). The van der Waals surface area contributed by atoms with Gasteiger partial charge in [0, 0.05) is 17.8 Å². The summed E-state index contributed by atoms with van der Waals surface area (Å²) < 4.78 is 5.28. The SMILES string of the molecule is O=C(Cc1noc2ccccc12)NCC1CCC(c2nc3ccccc3[nH]2)CC1. The molecule has 1 amide bonds. The van der Waals surface area contributed by atoms with E-state index < -0.39 is 0 Å². The van der Waals surface area contributed by atoms with Gasteiger partial charge < -0.3 is 14.8 Å². The Balaban J connectivity index is 1.12. The fraction of sp³-hybridized carbons (Fsp3) is 0.348. The van der Waals surface area contributed by atoms with Crippen LogP contribution in [-0.4, -0.2) is 27.6 Å². The van der Waals surface area contributed by atoms with Gasteiger partial charge in [-0.1, -0.05) is 29.4 Å². The summed E-state index contributed by atoms with van der Waals surface area (Å²) >= 11 is 0. The predicted octanol–water partition coefficient (Wildman–Crippen LogP) is 4.34. The summed E-state index contributed by atoms with van der Waals surface area (Å²) in [7, 11) is 0. The van der Waals surface area contributed by atoms with E-state index in [0.29, 0.717) is 17.5 Å². The number of H-pyrrole nitrogens is 1. The minimum absolute atomic E-state index is 0.00320. The number of imidazole rings is 1. The smallest absolute Gasteiger partial charge is 0.226 e. The van der Waals surface area contributed by atoms with Gasteiger partial charge >= 0.3 is 0 Å². The zero-order chi connectivity index (χ0) is 19.6. The molecule has 2 N–H and O–H groups in total. The summed E-state index contributed by atoms with van der Waals surface area (Å²) in [5.41, 5.74) is 3.57. The van der Waals surface area contributed by atoms with Crippen molar-refractivity contribution in [1.82, 2.24) is 20.4 Å². The fourth-order valence-corrected chi connectivity index (χ4v) is 4.34. The number of fused-ring (bicyclic) bond motifs is 2. The zero-order valence-electron chi connectivity index (χ0n) is 16.2. The first-order chi connectivity index (χ1) is 14.3. The molecular formula is C23H24N4O2. The first-order valence-electron chi connectivity index (χ1n) is 10.3. The van der Waals surface area contributed by atoms with E-state index in [1.54, 1.807) is 0 Å². The van der Waals surface area contributed by atoms with E-state index in [2.05, 4.69) is 27.6 Å². The lowest BCUT2D eigenvalue weighted by molar-refractivity contribution is -0.120. The molecule has 0 bridgehead atoms. The maximum absolute atomic E-state index is 12.4. The quantitative estimate of drug-likeness (QED) is 0.533. The zero-order valence-corrected chi connectivity index (χ0v) is 16.2. The van der Waals surface area contributed by atoms with Crippen molar-refractivity contribution in [3.63, 3.8) is 0 Å². The number of aromatic amines is 1. The summed E-state index contributed by atoms with van der Waals surface area (Å²) in [6.45, 7) is 0.724. The molecule has 0 saturated heterocycles. The van der Waals surface area contributed by atoms with Gasteiger partial charge in [-0.15, -0.1) is 0 Å². The van der Waals surface area contributed by atoms with Crippen LogP contribution in [0.5, 0.6) is 0 Å². The molecule has 4 aromatic rings. The average molecular weight is 388 g/mol. The van der Waals surface area contributed by atoms with E-state index in [0.717, 1.165) is 60.1 Å². The van der Waals surface area contributed by atoms with Crippen LogP contribution in [0.2, 0.25) is 0 Å². The molecule has 2 heterocycles. The van der Waals surface area contributed by atoms with Gasteiger partial charge in [-0.3, -0.25) is 4.79 Å². The second-order valence-electron chi connectivity index (χ2n) is 7.96. The average Bonchev–Trinajstić information content (AvgIpc) is 3.37. The van der Waals surface area contributed by atoms with Gasteiger partial charge in [0.1, 0.15) is 11.5 Å². The third kappa shape index (κ3) is 3.75. The maximum atomic E-state index is 12.4. The highest BCUT2D eigenvalue weighted by Gasteiger charge is 2.25. The molecule has 29 heavy (non-hydrogen) atoms. The molecule has 6 heteroatoms. The molecule has 148 valence electrons. The topological polar surface area (TPSA) is 83.8 Å². The molecule has 2 aromatic heterocycles. The molecule has 1 fully saturated rings. The molecule has 0 atom stereocenters. The number of aromatic nitrogens is 3. The highest BCUT2D eigenvalue weighted by molar-refractivity contribution is 5.86. The van der Waals surface area contributed by atoms with Crippen molar-refractivity contribution in [3.8, 4) is 0 Å². The number of amides is 1. The van der Waals surface area contributed by atoms with Crippen LogP contribution in [0.3, 0.4) is 0 Å². The number of benzene rings is 2. The third-order valence-corrected chi connectivity index (χ3v) is 6.01. The number of rotatable bonds is 5. The Labute approximate surface area is 168 Å². The molecule has 5 rings (SSSR count). The molecule has 1 aliphatic carbocycles. The summed E-state index contributed by atoms with van der Waals surface area (Å²) in [5, 5.41) is 8.04. The van der Waals surface area contributed by atoms with E-state index in [1.165, 1.54) is 0 Å². The van der Waals surface area contributed by atoms with E-state index >= 15 is 0 Å². The molecule has 2 aromatic carbocycles. The Morgan fingerprint density at radius 2 is 1.86 bits per heavy atom. The summed E-state index contributed by atoms with van der Waals surface area (Å²) in [6, 6.07) is 15.8. The Bertz CT molecular complexity index is 1100. The van der Waals surface area contributed by atoms with Gasteiger partial charge in [0.25, 0.3) is 0 Å². The monoisotopic (exact) mass is 388 g/mol. The van der Waals surface area contributed by atoms with Crippen LogP contribution in [0.4, 0.5) is 0 Å². The highest BCUT2D eigenvalue weighted by atomic mass is 16.5. The van der Waals surface area contributed by atoms with Crippen molar-refractivity contribution < 1.29 is 9.32 Å². The van der Waals surface area contributed by atoms with Crippen LogP contribution in [-0.2, 0) is 11.2 Å². The van der Waals surface area contributed by atoms with Crippen molar-refractivity contribution in [3.05, 3.63) is 60.0 Å². The Hall–Kier alpha value is -3.15. The Morgan fingerprint density at radius 3 is 2.72 bits per heavy atom. The summed E-state index contributed by atoms with van der Waals surface area (Å²) in [4.78, 5) is 20.6. The Morgan fingerprint density at radius 1 is 1.07 bits per heavy atom.